The average molecular weight is 464 g/mol. The summed E-state index contributed by atoms with van der Waals surface area (Å²) in [7, 11) is 0. The predicted molar refractivity (Wildman–Crippen MR) is 130 cm³/mol. The van der Waals surface area contributed by atoms with Crippen molar-refractivity contribution in [1.29, 1.82) is 0 Å². The molecule has 0 saturated heterocycles. The molecule has 178 valence electrons. The van der Waals surface area contributed by atoms with E-state index in [1.165, 1.54) is 4.68 Å². The maximum Gasteiger partial charge on any atom is 0.359 e. The molecular formula is C26H29N3O5. The second kappa shape index (κ2) is 11.9. The number of ether oxygens (including phenoxy) is 1. The smallest absolute Gasteiger partial charge is 0.359 e. The highest BCUT2D eigenvalue weighted by Gasteiger charge is 2.19. The highest BCUT2D eigenvalue weighted by molar-refractivity contribution is 6.04. The number of amides is 1. The largest absolute Gasteiger partial charge is 0.452 e. The van der Waals surface area contributed by atoms with Gasteiger partial charge in [0.1, 0.15) is 0 Å². The summed E-state index contributed by atoms with van der Waals surface area (Å²) in [5.41, 5.74) is 0.685. The molecule has 3 rings (SSSR count). The molecule has 0 spiro atoms. The summed E-state index contributed by atoms with van der Waals surface area (Å²) in [5, 5.41) is 7.76. The number of nitrogens with one attached hydrogen (secondary N) is 1. The highest BCUT2D eigenvalue weighted by atomic mass is 16.5. The Kier molecular flexibility index (Phi) is 8.67. The Morgan fingerprint density at radius 2 is 1.65 bits per heavy atom. The van der Waals surface area contributed by atoms with Crippen LogP contribution in [0.2, 0.25) is 0 Å². The molecule has 3 aromatic rings. The van der Waals surface area contributed by atoms with Crippen LogP contribution >= 0.6 is 0 Å². The molecule has 0 unspecified atom stereocenters. The number of unbranched alkanes of at least 4 members (excludes halogenated alkanes) is 3. The van der Waals surface area contributed by atoms with Crippen LogP contribution in [-0.4, -0.2) is 34.0 Å². The van der Waals surface area contributed by atoms with Gasteiger partial charge in [0.05, 0.1) is 5.39 Å². The van der Waals surface area contributed by atoms with E-state index >= 15 is 0 Å². The molecule has 1 amide bonds. The Morgan fingerprint density at radius 1 is 0.941 bits per heavy atom. The molecule has 2 aromatic carbocycles. The Balaban J connectivity index is 1.73. The summed E-state index contributed by atoms with van der Waals surface area (Å²) in [5.74, 6) is -1.28. The first kappa shape index (κ1) is 24.8. The van der Waals surface area contributed by atoms with E-state index in [0.29, 0.717) is 35.0 Å². The first-order chi connectivity index (χ1) is 16.4. The first-order valence-electron chi connectivity index (χ1n) is 11.5. The standard InChI is InChI=1S/C26H29N3O5/c1-3-5-6-9-16-29-25(32)21-11-8-7-10-20(21)24(28-29)26(33)34-17-22(30)18-12-14-19(15-13-18)27-23(31)4-2/h7-8,10-15H,3-6,9,16-17H2,1-2H3,(H,27,31). The fourth-order valence-corrected chi connectivity index (χ4v) is 3.50. The Bertz CT molecular complexity index is 1230. The Labute approximate surface area is 197 Å². The summed E-state index contributed by atoms with van der Waals surface area (Å²) in [6, 6.07) is 13.1. The summed E-state index contributed by atoms with van der Waals surface area (Å²) < 4.78 is 6.57. The molecule has 0 aliphatic rings. The van der Waals surface area contributed by atoms with Crippen LogP contribution in [0, 0.1) is 0 Å². The molecule has 0 aliphatic carbocycles. The number of carbonyl (C=O) groups excluding carboxylic acids is 3. The van der Waals surface area contributed by atoms with Gasteiger partial charge in [0.25, 0.3) is 5.56 Å². The quantitative estimate of drug-likeness (QED) is 0.257. The molecule has 1 aromatic heterocycles. The van der Waals surface area contributed by atoms with E-state index in [4.69, 9.17) is 4.74 Å². The lowest BCUT2D eigenvalue weighted by atomic mass is 10.1. The monoisotopic (exact) mass is 463 g/mol. The molecule has 8 heteroatoms. The van der Waals surface area contributed by atoms with Crippen molar-refractivity contribution in [3.05, 3.63) is 70.1 Å². The van der Waals surface area contributed by atoms with E-state index in [0.717, 1.165) is 25.7 Å². The fourth-order valence-electron chi connectivity index (χ4n) is 3.50. The number of ketones is 1. The van der Waals surface area contributed by atoms with Crippen molar-refractivity contribution >= 4 is 34.1 Å². The number of rotatable bonds is 11. The third kappa shape index (κ3) is 6.15. The number of nitrogens with zero attached hydrogens (tertiary/aromatic N) is 2. The third-order valence-electron chi connectivity index (χ3n) is 5.43. The van der Waals surface area contributed by atoms with Crippen LogP contribution in [0.25, 0.3) is 10.8 Å². The topological polar surface area (TPSA) is 107 Å². The van der Waals surface area contributed by atoms with Crippen LogP contribution in [0.5, 0.6) is 0 Å². The lowest BCUT2D eigenvalue weighted by Crippen LogP contribution is -2.27. The van der Waals surface area contributed by atoms with Crippen LogP contribution in [0.15, 0.2) is 53.3 Å². The number of carbonyl (C=O) groups is 3. The summed E-state index contributed by atoms with van der Waals surface area (Å²) in [4.78, 5) is 49.6. The summed E-state index contributed by atoms with van der Waals surface area (Å²) in [6.45, 7) is 3.79. The van der Waals surface area contributed by atoms with Crippen molar-refractivity contribution in [2.24, 2.45) is 0 Å². The van der Waals surface area contributed by atoms with E-state index in [1.807, 2.05) is 0 Å². The number of Topliss-reactive ketones (excluding diaryl/α,β-unsaturated/α-hetero) is 1. The van der Waals surface area contributed by atoms with Crippen molar-refractivity contribution in [3.8, 4) is 0 Å². The number of aromatic nitrogens is 2. The molecule has 0 aliphatic heterocycles. The zero-order valence-electron chi connectivity index (χ0n) is 19.5. The number of benzene rings is 2. The lowest BCUT2D eigenvalue weighted by molar-refractivity contribution is -0.115. The van der Waals surface area contributed by atoms with E-state index < -0.39 is 12.6 Å². The zero-order valence-corrected chi connectivity index (χ0v) is 19.5. The second-order valence-corrected chi connectivity index (χ2v) is 7.96. The number of aryl methyl sites for hydroxylation is 1. The molecule has 8 nitrogen and oxygen atoms in total. The van der Waals surface area contributed by atoms with Gasteiger partial charge in [-0.3, -0.25) is 14.4 Å². The van der Waals surface area contributed by atoms with Crippen molar-refractivity contribution in [2.45, 2.75) is 52.5 Å². The molecule has 0 fully saturated rings. The summed E-state index contributed by atoms with van der Waals surface area (Å²) >= 11 is 0. The Morgan fingerprint density at radius 3 is 2.32 bits per heavy atom. The summed E-state index contributed by atoms with van der Waals surface area (Å²) in [6.07, 6.45) is 4.23. The first-order valence-corrected chi connectivity index (χ1v) is 11.5. The zero-order chi connectivity index (χ0) is 24.5. The highest BCUT2D eigenvalue weighted by Crippen LogP contribution is 2.16. The van der Waals surface area contributed by atoms with Gasteiger partial charge in [-0.1, -0.05) is 51.3 Å². The van der Waals surface area contributed by atoms with Gasteiger partial charge in [-0.05, 0) is 36.8 Å². The third-order valence-corrected chi connectivity index (χ3v) is 5.43. The van der Waals surface area contributed by atoms with Crippen molar-refractivity contribution in [1.82, 2.24) is 9.78 Å². The fraction of sp³-hybridized carbons (Fsp3) is 0.346. The van der Waals surface area contributed by atoms with Gasteiger partial charge in [-0.15, -0.1) is 0 Å². The maximum absolute atomic E-state index is 12.8. The molecule has 0 saturated carbocycles. The predicted octanol–water partition coefficient (Wildman–Crippen LogP) is 4.37. The molecule has 1 heterocycles. The van der Waals surface area contributed by atoms with E-state index in [-0.39, 0.29) is 22.9 Å². The molecule has 34 heavy (non-hydrogen) atoms. The minimum Gasteiger partial charge on any atom is -0.452 e. The van der Waals surface area contributed by atoms with Crippen LogP contribution < -0.4 is 10.9 Å². The molecule has 0 bridgehead atoms. The molecule has 0 radical (unpaired) electrons. The van der Waals surface area contributed by atoms with Gasteiger partial charge >= 0.3 is 5.97 Å². The number of hydrogen-bond acceptors (Lipinski definition) is 6. The van der Waals surface area contributed by atoms with Crippen molar-refractivity contribution in [3.63, 3.8) is 0 Å². The molecular weight excluding hydrogens is 434 g/mol. The second-order valence-electron chi connectivity index (χ2n) is 7.96. The van der Waals surface area contributed by atoms with Crippen LogP contribution in [0.1, 0.15) is 66.8 Å². The van der Waals surface area contributed by atoms with Crippen molar-refractivity contribution in [2.75, 3.05) is 11.9 Å². The SMILES string of the molecule is CCCCCCn1nc(C(=O)OCC(=O)c2ccc(NC(=O)CC)cc2)c2ccccc2c1=O. The molecule has 1 N–H and O–H groups in total. The van der Waals surface area contributed by atoms with Crippen LogP contribution in [0.3, 0.4) is 0 Å². The minimum absolute atomic E-state index is 0.0103. The normalized spacial score (nSPS) is 10.8. The average Bonchev–Trinajstić information content (AvgIpc) is 2.86. The number of hydrogen-bond donors (Lipinski definition) is 1. The molecule has 0 atom stereocenters. The maximum atomic E-state index is 12.8. The van der Waals surface area contributed by atoms with Gasteiger partial charge in [0, 0.05) is 29.6 Å². The Hall–Kier alpha value is -3.81. The number of esters is 1. The number of fused-ring (bicyclic) bond motifs is 1. The van der Waals surface area contributed by atoms with E-state index in [2.05, 4.69) is 17.3 Å². The van der Waals surface area contributed by atoms with Gasteiger partial charge in [-0.2, -0.15) is 5.10 Å². The van der Waals surface area contributed by atoms with Gasteiger partial charge in [0.2, 0.25) is 5.91 Å². The van der Waals surface area contributed by atoms with Gasteiger partial charge in [-0.25, -0.2) is 9.48 Å². The van der Waals surface area contributed by atoms with Gasteiger partial charge in [0.15, 0.2) is 18.1 Å². The number of anilines is 1. The lowest BCUT2D eigenvalue weighted by Gasteiger charge is -2.11. The van der Waals surface area contributed by atoms with Crippen molar-refractivity contribution < 1.29 is 19.1 Å². The van der Waals surface area contributed by atoms with Crippen LogP contribution in [-0.2, 0) is 16.1 Å². The van der Waals surface area contributed by atoms with Gasteiger partial charge < -0.3 is 10.1 Å². The van der Waals surface area contributed by atoms with Crippen LogP contribution in [0.4, 0.5) is 5.69 Å². The van der Waals surface area contributed by atoms with E-state index in [1.54, 1.807) is 55.5 Å². The minimum atomic E-state index is -0.765. The van der Waals surface area contributed by atoms with E-state index in [9.17, 15) is 19.2 Å².